The third-order valence-electron chi connectivity index (χ3n) is 3.97. The predicted octanol–water partition coefficient (Wildman–Crippen LogP) is 5.55. The third kappa shape index (κ3) is 3.61. The van der Waals surface area contributed by atoms with Crippen molar-refractivity contribution in [1.29, 1.82) is 5.26 Å². The third-order valence-corrected chi connectivity index (χ3v) is 6.91. The number of aromatic nitrogens is 2. The van der Waals surface area contributed by atoms with Gasteiger partial charge in [-0.2, -0.15) is 5.26 Å². The molecule has 26 heavy (non-hydrogen) atoms. The van der Waals surface area contributed by atoms with Crippen LogP contribution in [0.3, 0.4) is 0 Å². The van der Waals surface area contributed by atoms with Crippen molar-refractivity contribution in [3.63, 3.8) is 0 Å². The minimum atomic E-state index is 0.615. The first-order valence-electron chi connectivity index (χ1n) is 8.07. The molecule has 0 saturated heterocycles. The molecule has 5 nitrogen and oxygen atoms in total. The van der Waals surface area contributed by atoms with E-state index in [1.165, 1.54) is 28.6 Å². The molecule has 0 bridgehead atoms. The summed E-state index contributed by atoms with van der Waals surface area (Å²) in [6.45, 7) is 0. The molecule has 8 heteroatoms. The Bertz CT molecular complexity index is 1000. The first-order chi connectivity index (χ1) is 12.7. The lowest BCUT2D eigenvalue weighted by atomic mass is 9.96. The summed E-state index contributed by atoms with van der Waals surface area (Å²) in [7, 11) is 0. The van der Waals surface area contributed by atoms with E-state index < -0.39 is 0 Å². The Morgan fingerprint density at radius 1 is 1.31 bits per heavy atom. The highest BCUT2D eigenvalue weighted by molar-refractivity contribution is 9.10. The van der Waals surface area contributed by atoms with Gasteiger partial charge in [-0.1, -0.05) is 0 Å². The van der Waals surface area contributed by atoms with Gasteiger partial charge in [0.25, 0.3) is 0 Å². The molecule has 3 aromatic rings. The van der Waals surface area contributed by atoms with Crippen LogP contribution in [0.1, 0.15) is 34.6 Å². The van der Waals surface area contributed by atoms with Gasteiger partial charge in [0.2, 0.25) is 0 Å². The van der Waals surface area contributed by atoms with E-state index in [0.29, 0.717) is 16.0 Å². The number of thiophene rings is 1. The van der Waals surface area contributed by atoms with Crippen LogP contribution in [0, 0.1) is 11.3 Å². The molecule has 0 spiro atoms. The second-order valence-corrected chi connectivity index (χ2v) is 8.56. The zero-order valence-electron chi connectivity index (χ0n) is 13.6. The van der Waals surface area contributed by atoms with Crippen molar-refractivity contribution in [1.82, 2.24) is 9.97 Å². The molecule has 0 unspecified atom stereocenters. The quantitative estimate of drug-likeness (QED) is 0.389. The summed E-state index contributed by atoms with van der Waals surface area (Å²) in [5.41, 5.74) is 1.91. The fraction of sp³-hybridized carbons (Fsp3) is 0.222. The van der Waals surface area contributed by atoms with E-state index in [9.17, 15) is 5.26 Å². The van der Waals surface area contributed by atoms with E-state index in [2.05, 4.69) is 37.0 Å². The van der Waals surface area contributed by atoms with Gasteiger partial charge in [0.15, 0.2) is 10.2 Å². The average molecular weight is 445 g/mol. The number of fused-ring (bicyclic) bond motifs is 1. The van der Waals surface area contributed by atoms with Crippen LogP contribution in [-0.2, 0) is 12.8 Å². The van der Waals surface area contributed by atoms with Crippen molar-refractivity contribution in [3.8, 4) is 6.07 Å². The lowest BCUT2D eigenvalue weighted by Crippen LogP contribution is -1.99. The summed E-state index contributed by atoms with van der Waals surface area (Å²) in [4.78, 5) is 14.2. The van der Waals surface area contributed by atoms with E-state index >= 15 is 0 Å². The number of furan rings is 1. The maximum Gasteiger partial charge on any atom is 0.195 e. The normalized spacial score (nSPS) is 13.7. The van der Waals surface area contributed by atoms with Gasteiger partial charge in [0, 0.05) is 23.3 Å². The Kier molecular flexibility index (Phi) is 5.20. The molecule has 4 rings (SSSR count). The molecule has 0 aromatic carbocycles. The lowest BCUT2D eigenvalue weighted by Gasteiger charge is -2.09. The molecule has 0 aliphatic heterocycles. The maximum absolute atomic E-state index is 9.51. The van der Waals surface area contributed by atoms with Gasteiger partial charge >= 0.3 is 0 Å². The lowest BCUT2D eigenvalue weighted by molar-refractivity contribution is 0.465. The fourth-order valence-corrected chi connectivity index (χ4v) is 5.22. The van der Waals surface area contributed by atoms with Crippen LogP contribution >= 0.6 is 39.0 Å². The van der Waals surface area contributed by atoms with E-state index in [4.69, 9.17) is 4.42 Å². The highest BCUT2D eigenvalue weighted by Gasteiger charge is 2.20. The fourth-order valence-electron chi connectivity index (χ4n) is 2.80. The van der Waals surface area contributed by atoms with Crippen LogP contribution in [0.4, 0.5) is 5.00 Å². The molecule has 3 heterocycles. The van der Waals surface area contributed by atoms with Crippen LogP contribution in [-0.4, -0.2) is 16.2 Å². The molecule has 3 aromatic heterocycles. The second kappa shape index (κ2) is 7.74. The van der Waals surface area contributed by atoms with E-state index in [1.807, 2.05) is 6.07 Å². The zero-order valence-corrected chi connectivity index (χ0v) is 16.8. The Morgan fingerprint density at radius 3 is 2.92 bits per heavy atom. The predicted molar refractivity (Wildman–Crippen MR) is 105 cm³/mol. The number of aliphatic imine (C=N–C) groups is 1. The number of nitriles is 1. The van der Waals surface area contributed by atoms with E-state index in [0.717, 1.165) is 34.3 Å². The van der Waals surface area contributed by atoms with Crippen LogP contribution < -0.4 is 0 Å². The highest BCUT2D eigenvalue weighted by Crippen LogP contribution is 2.39. The first-order valence-corrected chi connectivity index (χ1v) is 10.5. The number of nitrogens with zero attached hydrogens (tertiary/aromatic N) is 4. The molecular weight excluding hydrogens is 432 g/mol. The molecule has 0 amide bonds. The summed E-state index contributed by atoms with van der Waals surface area (Å²) >= 11 is 6.45. The molecule has 0 atom stereocenters. The SMILES string of the molecule is N#Cc1c(N=Cc2cc(Br)c(Sc3ncccn3)o2)sc2c1CCCC2. The van der Waals surface area contributed by atoms with Crippen LogP contribution in [0.15, 0.2) is 48.7 Å². The monoisotopic (exact) mass is 444 g/mol. The maximum atomic E-state index is 9.51. The molecular formula is C18H13BrN4OS2. The van der Waals surface area contributed by atoms with Gasteiger partial charge in [0.05, 0.1) is 16.3 Å². The van der Waals surface area contributed by atoms with Gasteiger partial charge < -0.3 is 4.42 Å². The minimum Gasteiger partial charge on any atom is -0.447 e. The standard InChI is InChI=1S/C18H13BrN4OS2/c19-14-8-11(24-17(14)26-18-21-6-3-7-22-18)10-23-16-13(9-20)12-4-1-2-5-15(12)25-16/h3,6-8,10H,1-2,4-5H2. The number of rotatable bonds is 4. The average Bonchev–Trinajstić information content (AvgIpc) is 3.20. The van der Waals surface area contributed by atoms with Crippen molar-refractivity contribution >= 4 is 50.2 Å². The number of hydrogen-bond donors (Lipinski definition) is 0. The van der Waals surface area contributed by atoms with E-state index in [-0.39, 0.29) is 0 Å². The number of aryl methyl sites for hydroxylation is 1. The van der Waals surface area contributed by atoms with Crippen molar-refractivity contribution in [2.24, 2.45) is 4.99 Å². The summed E-state index contributed by atoms with van der Waals surface area (Å²) < 4.78 is 6.65. The van der Waals surface area contributed by atoms with Gasteiger partial charge in [0.1, 0.15) is 16.8 Å². The number of hydrogen-bond acceptors (Lipinski definition) is 7. The topological polar surface area (TPSA) is 75.1 Å². The van der Waals surface area contributed by atoms with Crippen LogP contribution in [0.5, 0.6) is 0 Å². The van der Waals surface area contributed by atoms with Crippen molar-refractivity contribution in [3.05, 3.63) is 50.8 Å². The molecule has 130 valence electrons. The Hall–Kier alpha value is -1.95. The van der Waals surface area contributed by atoms with Crippen LogP contribution in [0.25, 0.3) is 0 Å². The summed E-state index contributed by atoms with van der Waals surface area (Å²) in [6, 6.07) is 5.95. The summed E-state index contributed by atoms with van der Waals surface area (Å²) in [5, 5.41) is 11.6. The Balaban J connectivity index is 1.57. The van der Waals surface area contributed by atoms with Crippen molar-refractivity contribution in [2.45, 2.75) is 35.9 Å². The zero-order chi connectivity index (χ0) is 17.9. The summed E-state index contributed by atoms with van der Waals surface area (Å²) in [5.74, 6) is 0.616. The Labute approximate surface area is 167 Å². The van der Waals surface area contributed by atoms with E-state index in [1.54, 1.807) is 36.0 Å². The minimum absolute atomic E-state index is 0.615. The molecule has 0 saturated carbocycles. The molecule has 1 aliphatic carbocycles. The largest absolute Gasteiger partial charge is 0.447 e. The summed E-state index contributed by atoms with van der Waals surface area (Å²) in [6.07, 6.45) is 9.41. The first kappa shape index (κ1) is 17.5. The Morgan fingerprint density at radius 2 is 2.12 bits per heavy atom. The van der Waals surface area contributed by atoms with Crippen LogP contribution in [0.2, 0.25) is 0 Å². The van der Waals surface area contributed by atoms with Crippen molar-refractivity contribution in [2.75, 3.05) is 0 Å². The smallest absolute Gasteiger partial charge is 0.195 e. The molecule has 0 fully saturated rings. The molecule has 0 N–H and O–H groups in total. The highest BCUT2D eigenvalue weighted by atomic mass is 79.9. The van der Waals surface area contributed by atoms with Crippen molar-refractivity contribution < 1.29 is 4.42 Å². The van der Waals surface area contributed by atoms with Gasteiger partial charge in [-0.25, -0.2) is 15.0 Å². The molecule has 0 radical (unpaired) electrons. The number of halogens is 1. The van der Waals surface area contributed by atoms with Gasteiger partial charge in [-0.15, -0.1) is 11.3 Å². The second-order valence-electron chi connectivity index (χ2n) is 5.68. The molecule has 1 aliphatic rings. The van der Waals surface area contributed by atoms with Gasteiger partial charge in [-0.3, -0.25) is 0 Å². The van der Waals surface area contributed by atoms with Gasteiger partial charge in [-0.05, 0) is 65.0 Å².